The number of carboxylic acid groups (broad SMARTS) is 1. The summed E-state index contributed by atoms with van der Waals surface area (Å²) in [6, 6.07) is 1.84. The van der Waals surface area contributed by atoms with Gasteiger partial charge in [-0.1, -0.05) is 0 Å². The summed E-state index contributed by atoms with van der Waals surface area (Å²) in [7, 11) is 0. The van der Waals surface area contributed by atoms with Crippen LogP contribution in [0.1, 0.15) is 12.8 Å². The second-order valence-corrected chi connectivity index (χ2v) is 4.97. The number of nitriles is 1. The van der Waals surface area contributed by atoms with Crippen LogP contribution in [0.5, 0.6) is 0 Å². The van der Waals surface area contributed by atoms with Crippen molar-refractivity contribution in [1.29, 1.82) is 5.26 Å². The summed E-state index contributed by atoms with van der Waals surface area (Å²) in [5.74, 6) is -1.28. The molecule has 0 aromatic heterocycles. The van der Waals surface area contributed by atoms with Crippen LogP contribution in [0.2, 0.25) is 0 Å². The van der Waals surface area contributed by atoms with Crippen molar-refractivity contribution in [3.8, 4) is 6.07 Å². The van der Waals surface area contributed by atoms with E-state index in [9.17, 15) is 9.59 Å². The van der Waals surface area contributed by atoms with Gasteiger partial charge in [0.2, 0.25) is 0 Å². The molecule has 1 saturated heterocycles. The maximum atomic E-state index is 11.8. The third kappa shape index (κ3) is 7.61. The van der Waals surface area contributed by atoms with Crippen molar-refractivity contribution in [3.05, 3.63) is 11.8 Å². The lowest BCUT2D eigenvalue weighted by Gasteiger charge is -2.27. The Balaban J connectivity index is 2.22. The predicted octanol–water partition coefficient (Wildman–Crippen LogP) is -1.13. The third-order valence-electron chi connectivity index (χ3n) is 3.25. The van der Waals surface area contributed by atoms with Gasteiger partial charge in [0.25, 0.3) is 5.91 Å². The van der Waals surface area contributed by atoms with Gasteiger partial charge in [0.05, 0.1) is 0 Å². The predicted molar refractivity (Wildman–Crippen MR) is 80.9 cm³/mol. The van der Waals surface area contributed by atoms with E-state index in [4.69, 9.17) is 10.4 Å². The molecule has 0 bridgehead atoms. The van der Waals surface area contributed by atoms with Crippen LogP contribution in [-0.4, -0.2) is 67.7 Å². The lowest BCUT2D eigenvalue weighted by atomic mass is 10.3. The van der Waals surface area contributed by atoms with Crippen LogP contribution in [0, 0.1) is 11.3 Å². The molecule has 1 aliphatic rings. The molecule has 0 aromatic carbocycles. The zero-order valence-corrected chi connectivity index (χ0v) is 12.6. The normalized spacial score (nSPS) is 15.9. The number of amides is 1. The summed E-state index contributed by atoms with van der Waals surface area (Å²) in [4.78, 5) is 24.4. The number of piperazine rings is 1. The minimum absolute atomic E-state index is 0.00404. The molecule has 0 spiro atoms. The molecule has 22 heavy (non-hydrogen) atoms. The molecule has 1 fully saturated rings. The molecule has 0 aromatic rings. The van der Waals surface area contributed by atoms with E-state index >= 15 is 0 Å². The van der Waals surface area contributed by atoms with E-state index in [1.807, 2.05) is 6.07 Å². The van der Waals surface area contributed by atoms with Crippen LogP contribution in [0.25, 0.3) is 0 Å². The van der Waals surface area contributed by atoms with Crippen LogP contribution >= 0.6 is 0 Å². The molecule has 0 radical (unpaired) electrons. The molecule has 122 valence electrons. The lowest BCUT2D eigenvalue weighted by Crippen LogP contribution is -2.46. The van der Waals surface area contributed by atoms with E-state index < -0.39 is 11.9 Å². The van der Waals surface area contributed by atoms with Crippen molar-refractivity contribution in [3.63, 3.8) is 0 Å². The van der Waals surface area contributed by atoms with Crippen LogP contribution in [0.15, 0.2) is 11.8 Å². The van der Waals surface area contributed by atoms with Crippen molar-refractivity contribution in [2.24, 2.45) is 0 Å². The Kier molecular flexibility index (Phi) is 8.64. The highest BCUT2D eigenvalue weighted by atomic mass is 16.4. The molecule has 8 heteroatoms. The number of hydrogen-bond donors (Lipinski definition) is 4. The molecule has 1 amide bonds. The van der Waals surface area contributed by atoms with Crippen molar-refractivity contribution >= 4 is 11.9 Å². The van der Waals surface area contributed by atoms with Crippen LogP contribution in [-0.2, 0) is 9.59 Å². The van der Waals surface area contributed by atoms with Gasteiger partial charge in [0, 0.05) is 58.4 Å². The molecular formula is C14H23N5O3. The average Bonchev–Trinajstić information content (AvgIpc) is 2.51. The topological polar surface area (TPSA) is 117 Å². The van der Waals surface area contributed by atoms with Gasteiger partial charge in [0.15, 0.2) is 0 Å². The molecule has 1 rings (SSSR count). The minimum atomic E-state index is -0.864. The second kappa shape index (κ2) is 10.6. The fourth-order valence-electron chi connectivity index (χ4n) is 2.02. The molecule has 8 nitrogen and oxygen atoms in total. The number of rotatable bonds is 9. The molecule has 0 unspecified atom stereocenters. The molecule has 4 N–H and O–H groups in total. The van der Waals surface area contributed by atoms with Gasteiger partial charge in [-0.3, -0.25) is 14.5 Å². The van der Waals surface area contributed by atoms with Gasteiger partial charge in [-0.2, -0.15) is 5.26 Å². The largest absolute Gasteiger partial charge is 0.481 e. The van der Waals surface area contributed by atoms with Crippen molar-refractivity contribution < 1.29 is 14.7 Å². The summed E-state index contributed by atoms with van der Waals surface area (Å²) in [6.45, 7) is 5.50. The molecule has 0 atom stereocenters. The van der Waals surface area contributed by atoms with Gasteiger partial charge in [0.1, 0.15) is 11.6 Å². The summed E-state index contributed by atoms with van der Waals surface area (Å²) < 4.78 is 0. The number of carbonyl (C=O) groups excluding carboxylic acids is 1. The Morgan fingerprint density at radius 2 is 2.05 bits per heavy atom. The van der Waals surface area contributed by atoms with E-state index in [0.29, 0.717) is 19.5 Å². The van der Waals surface area contributed by atoms with E-state index in [0.717, 1.165) is 32.7 Å². The highest BCUT2D eigenvalue weighted by Crippen LogP contribution is 1.93. The Morgan fingerprint density at radius 3 is 2.68 bits per heavy atom. The van der Waals surface area contributed by atoms with E-state index in [2.05, 4.69) is 20.9 Å². The summed E-state index contributed by atoms with van der Waals surface area (Å²) in [5, 5.41) is 26.2. The Hall–Kier alpha value is -2.11. The smallest absolute Gasteiger partial charge is 0.303 e. The minimum Gasteiger partial charge on any atom is -0.481 e. The quantitative estimate of drug-likeness (QED) is 0.242. The van der Waals surface area contributed by atoms with Gasteiger partial charge in [-0.25, -0.2) is 0 Å². The monoisotopic (exact) mass is 309 g/mol. The summed E-state index contributed by atoms with van der Waals surface area (Å²) in [5.41, 5.74) is -0.00404. The Morgan fingerprint density at radius 1 is 1.32 bits per heavy atom. The summed E-state index contributed by atoms with van der Waals surface area (Å²) >= 11 is 0. The van der Waals surface area contributed by atoms with Crippen molar-refractivity contribution in [2.45, 2.75) is 12.8 Å². The van der Waals surface area contributed by atoms with Gasteiger partial charge in [-0.05, 0) is 6.42 Å². The number of aliphatic carboxylic acids is 1. The Labute approximate surface area is 130 Å². The first kappa shape index (κ1) is 17.9. The summed E-state index contributed by atoms with van der Waals surface area (Å²) in [6.07, 6.45) is 1.83. The standard InChI is InChI=1S/C14H23N5O3/c15-10-12(11-17-3-1-2-13(20)21)14(22)18-6-9-19-7-4-16-5-8-19/h11,16-17H,1-9H2,(H,18,22)(H,20,21)/b12-11-. The maximum Gasteiger partial charge on any atom is 0.303 e. The number of nitrogens with one attached hydrogen (secondary N) is 3. The van der Waals surface area contributed by atoms with Gasteiger partial charge in [-0.15, -0.1) is 0 Å². The number of hydrogen-bond acceptors (Lipinski definition) is 6. The van der Waals surface area contributed by atoms with Crippen LogP contribution in [0.4, 0.5) is 0 Å². The first-order valence-electron chi connectivity index (χ1n) is 7.40. The SMILES string of the molecule is N#C/C(=C/NCCCC(=O)O)C(=O)NCCN1CCNCC1. The van der Waals surface area contributed by atoms with E-state index in [-0.39, 0.29) is 12.0 Å². The molecule has 1 aliphatic heterocycles. The van der Waals surface area contributed by atoms with Gasteiger partial charge < -0.3 is 21.1 Å². The molecule has 0 saturated carbocycles. The zero-order chi connectivity index (χ0) is 16.2. The third-order valence-corrected chi connectivity index (χ3v) is 3.25. The van der Waals surface area contributed by atoms with Crippen LogP contribution in [0.3, 0.4) is 0 Å². The van der Waals surface area contributed by atoms with Crippen molar-refractivity contribution in [1.82, 2.24) is 20.9 Å². The van der Waals surface area contributed by atoms with E-state index in [1.54, 1.807) is 0 Å². The Bertz CT molecular complexity index is 438. The number of carboxylic acids is 1. The molecular weight excluding hydrogens is 286 g/mol. The highest BCUT2D eigenvalue weighted by molar-refractivity contribution is 5.97. The molecule has 0 aliphatic carbocycles. The number of carbonyl (C=O) groups is 2. The number of nitrogens with zero attached hydrogens (tertiary/aromatic N) is 2. The maximum absolute atomic E-state index is 11.8. The highest BCUT2D eigenvalue weighted by Gasteiger charge is 2.11. The average molecular weight is 309 g/mol. The molecule has 1 heterocycles. The fraction of sp³-hybridized carbons (Fsp3) is 0.643. The fourth-order valence-corrected chi connectivity index (χ4v) is 2.02. The zero-order valence-electron chi connectivity index (χ0n) is 12.6. The second-order valence-electron chi connectivity index (χ2n) is 4.97. The van der Waals surface area contributed by atoms with E-state index in [1.165, 1.54) is 6.20 Å². The first-order chi connectivity index (χ1) is 10.6. The van der Waals surface area contributed by atoms with Gasteiger partial charge >= 0.3 is 5.97 Å². The van der Waals surface area contributed by atoms with Crippen molar-refractivity contribution in [2.75, 3.05) is 45.8 Å². The van der Waals surface area contributed by atoms with Crippen LogP contribution < -0.4 is 16.0 Å². The lowest BCUT2D eigenvalue weighted by molar-refractivity contribution is -0.137. The first-order valence-corrected chi connectivity index (χ1v) is 7.40.